The van der Waals surface area contributed by atoms with E-state index in [4.69, 9.17) is 11.6 Å². The van der Waals surface area contributed by atoms with Crippen molar-refractivity contribution in [3.05, 3.63) is 0 Å². The molecule has 5 heteroatoms. The zero-order chi connectivity index (χ0) is 8.97. The molecule has 1 atom stereocenters. The predicted octanol–water partition coefficient (Wildman–Crippen LogP) is 0.00220. The molecule has 12 heavy (non-hydrogen) atoms. The van der Waals surface area contributed by atoms with Crippen LogP contribution in [0.3, 0.4) is 0 Å². The molecule has 0 aromatic carbocycles. The predicted molar refractivity (Wildman–Crippen MR) is 53.9 cm³/mol. The van der Waals surface area contributed by atoms with Gasteiger partial charge in [-0.3, -0.25) is 0 Å². The fourth-order valence-electron chi connectivity index (χ4n) is 1.39. The molecule has 4 N–H and O–H groups in total. The molecule has 0 bridgehead atoms. The summed E-state index contributed by atoms with van der Waals surface area (Å²) in [6.45, 7) is 4.16. The molecule has 1 heterocycles. The third-order valence-corrected chi connectivity index (χ3v) is 3.19. The van der Waals surface area contributed by atoms with E-state index in [2.05, 4.69) is 12.0 Å². The Morgan fingerprint density at radius 3 is 3.08 bits per heavy atom. The lowest BCUT2D eigenvalue weighted by atomic mass is 10.4. The summed E-state index contributed by atoms with van der Waals surface area (Å²) in [5, 5.41) is 4.18. The summed E-state index contributed by atoms with van der Waals surface area (Å²) in [5.41, 5.74) is 5.58. The van der Waals surface area contributed by atoms with Crippen molar-refractivity contribution in [3.63, 3.8) is 0 Å². The molecule has 1 fully saturated rings. The molecular formula is C7H16N4S. The molecule has 1 saturated heterocycles. The van der Waals surface area contributed by atoms with Crippen molar-refractivity contribution in [2.24, 2.45) is 16.7 Å². The second kappa shape index (κ2) is 4.45. The van der Waals surface area contributed by atoms with Gasteiger partial charge in [0.2, 0.25) is 5.96 Å². The van der Waals surface area contributed by atoms with Crippen molar-refractivity contribution in [3.8, 4) is 0 Å². The highest BCUT2D eigenvalue weighted by Gasteiger charge is 2.23. The molecule has 0 aromatic heterocycles. The lowest BCUT2D eigenvalue weighted by Crippen LogP contribution is -2.36. The lowest BCUT2D eigenvalue weighted by molar-refractivity contribution is 0.512. The van der Waals surface area contributed by atoms with Crippen LogP contribution in [0.15, 0.2) is 5.10 Å². The first kappa shape index (κ1) is 9.51. The first-order valence-corrected chi connectivity index (χ1v) is 5.22. The summed E-state index contributed by atoms with van der Waals surface area (Å²) < 4.78 is 0. The molecule has 70 valence electrons. The van der Waals surface area contributed by atoms with Crippen LogP contribution in [0, 0.1) is 0 Å². The van der Waals surface area contributed by atoms with Crippen molar-refractivity contribution in [2.75, 3.05) is 18.8 Å². The summed E-state index contributed by atoms with van der Waals surface area (Å²) in [6.07, 6.45) is 1.19. The standard InChI is InChI=1S/C7H16N4S/c1-2-12-6-3-4-11(5-6)7(8)10-9/h6H,2-5,9H2,1H3,(H2,8,10). The Kier molecular flexibility index (Phi) is 3.52. The minimum atomic E-state index is 0.467. The molecule has 0 aliphatic carbocycles. The number of hydrazone groups is 1. The highest BCUT2D eigenvalue weighted by molar-refractivity contribution is 7.99. The largest absolute Gasteiger partial charge is 0.368 e. The minimum absolute atomic E-state index is 0.467. The van der Waals surface area contributed by atoms with E-state index in [0.29, 0.717) is 11.2 Å². The van der Waals surface area contributed by atoms with E-state index in [0.717, 1.165) is 18.8 Å². The van der Waals surface area contributed by atoms with Gasteiger partial charge in [0.25, 0.3) is 0 Å². The van der Waals surface area contributed by atoms with Gasteiger partial charge in [-0.15, -0.1) is 5.10 Å². The zero-order valence-corrected chi connectivity index (χ0v) is 8.18. The Bertz CT molecular complexity index is 171. The maximum atomic E-state index is 5.58. The van der Waals surface area contributed by atoms with Crippen molar-refractivity contribution in [1.82, 2.24) is 4.90 Å². The molecular weight excluding hydrogens is 172 g/mol. The van der Waals surface area contributed by atoms with Crippen molar-refractivity contribution >= 4 is 17.7 Å². The van der Waals surface area contributed by atoms with Gasteiger partial charge >= 0.3 is 0 Å². The monoisotopic (exact) mass is 188 g/mol. The Morgan fingerprint density at radius 1 is 1.75 bits per heavy atom. The smallest absolute Gasteiger partial charge is 0.213 e. The molecule has 0 saturated carbocycles. The van der Waals surface area contributed by atoms with E-state index in [1.165, 1.54) is 6.42 Å². The van der Waals surface area contributed by atoms with Crippen LogP contribution >= 0.6 is 11.8 Å². The molecule has 0 spiro atoms. The van der Waals surface area contributed by atoms with Crippen LogP contribution in [0.25, 0.3) is 0 Å². The highest BCUT2D eigenvalue weighted by Crippen LogP contribution is 2.21. The van der Waals surface area contributed by atoms with Gasteiger partial charge in [-0.2, -0.15) is 11.8 Å². The van der Waals surface area contributed by atoms with Gasteiger partial charge in [0.1, 0.15) is 0 Å². The van der Waals surface area contributed by atoms with Crippen LogP contribution in [0.2, 0.25) is 0 Å². The highest BCUT2D eigenvalue weighted by atomic mass is 32.2. The SMILES string of the molecule is CCSC1CCN(/C(N)=N/N)C1. The van der Waals surface area contributed by atoms with E-state index < -0.39 is 0 Å². The van der Waals surface area contributed by atoms with Crippen molar-refractivity contribution in [1.29, 1.82) is 0 Å². The number of hydrogen-bond acceptors (Lipinski definition) is 3. The molecule has 0 aromatic rings. The van der Waals surface area contributed by atoms with Crippen LogP contribution < -0.4 is 11.6 Å². The number of nitrogens with two attached hydrogens (primary N) is 2. The summed E-state index contributed by atoms with van der Waals surface area (Å²) >= 11 is 1.98. The lowest BCUT2D eigenvalue weighted by Gasteiger charge is -2.15. The van der Waals surface area contributed by atoms with E-state index in [1.807, 2.05) is 16.7 Å². The molecule has 0 radical (unpaired) electrons. The number of likely N-dealkylation sites (tertiary alicyclic amines) is 1. The summed E-state index contributed by atoms with van der Waals surface area (Å²) in [6, 6.07) is 0. The Morgan fingerprint density at radius 2 is 2.50 bits per heavy atom. The quantitative estimate of drug-likeness (QED) is 0.277. The third kappa shape index (κ3) is 2.20. The third-order valence-electron chi connectivity index (χ3n) is 2.00. The van der Waals surface area contributed by atoms with E-state index in [9.17, 15) is 0 Å². The Labute approximate surface area is 77.4 Å². The van der Waals surface area contributed by atoms with Gasteiger partial charge in [0.15, 0.2) is 0 Å². The topological polar surface area (TPSA) is 67.6 Å². The van der Waals surface area contributed by atoms with E-state index in [-0.39, 0.29) is 0 Å². The fourth-order valence-corrected chi connectivity index (χ4v) is 2.42. The zero-order valence-electron chi connectivity index (χ0n) is 7.36. The molecule has 1 aliphatic rings. The summed E-state index contributed by atoms with van der Waals surface area (Å²) in [4.78, 5) is 2.04. The van der Waals surface area contributed by atoms with Crippen molar-refractivity contribution < 1.29 is 0 Å². The van der Waals surface area contributed by atoms with Gasteiger partial charge in [-0.1, -0.05) is 6.92 Å². The molecule has 1 rings (SSSR count). The average molecular weight is 188 g/mol. The van der Waals surface area contributed by atoms with Gasteiger partial charge in [-0.25, -0.2) is 0 Å². The average Bonchev–Trinajstić information content (AvgIpc) is 2.52. The molecule has 1 aliphatic heterocycles. The molecule has 4 nitrogen and oxygen atoms in total. The fraction of sp³-hybridized carbons (Fsp3) is 0.857. The second-order valence-electron chi connectivity index (χ2n) is 2.80. The number of guanidine groups is 1. The van der Waals surface area contributed by atoms with Crippen LogP contribution in [-0.2, 0) is 0 Å². The maximum absolute atomic E-state index is 5.58. The van der Waals surface area contributed by atoms with Gasteiger partial charge in [-0.05, 0) is 12.2 Å². The first-order valence-electron chi connectivity index (χ1n) is 4.17. The molecule has 1 unspecified atom stereocenters. The van der Waals surface area contributed by atoms with Crippen LogP contribution in [0.1, 0.15) is 13.3 Å². The summed E-state index contributed by atoms with van der Waals surface area (Å²) in [5.74, 6) is 6.72. The maximum Gasteiger partial charge on any atom is 0.213 e. The van der Waals surface area contributed by atoms with Gasteiger partial charge in [0.05, 0.1) is 0 Å². The Balaban J connectivity index is 2.35. The van der Waals surface area contributed by atoms with Crippen LogP contribution in [0.5, 0.6) is 0 Å². The minimum Gasteiger partial charge on any atom is -0.368 e. The van der Waals surface area contributed by atoms with Crippen LogP contribution in [-0.4, -0.2) is 35.0 Å². The van der Waals surface area contributed by atoms with E-state index >= 15 is 0 Å². The number of rotatable bonds is 2. The molecule has 0 amide bonds. The van der Waals surface area contributed by atoms with Gasteiger partial charge < -0.3 is 16.5 Å². The van der Waals surface area contributed by atoms with Crippen LogP contribution in [0.4, 0.5) is 0 Å². The Hall–Kier alpha value is -0.580. The normalized spacial score (nSPS) is 24.9. The number of hydrogen-bond donors (Lipinski definition) is 2. The number of thioether (sulfide) groups is 1. The number of nitrogens with zero attached hydrogens (tertiary/aromatic N) is 2. The first-order chi connectivity index (χ1) is 5.77. The van der Waals surface area contributed by atoms with Crippen molar-refractivity contribution in [2.45, 2.75) is 18.6 Å². The van der Waals surface area contributed by atoms with Gasteiger partial charge in [0, 0.05) is 18.3 Å². The van der Waals surface area contributed by atoms with E-state index in [1.54, 1.807) is 0 Å². The second-order valence-corrected chi connectivity index (χ2v) is 4.38. The summed E-state index contributed by atoms with van der Waals surface area (Å²) in [7, 11) is 0.